The lowest BCUT2D eigenvalue weighted by Gasteiger charge is -2.15. The maximum Gasteiger partial charge on any atom is 0.115 e. The highest BCUT2D eigenvalue weighted by Crippen LogP contribution is 2.35. The van der Waals surface area contributed by atoms with Crippen molar-refractivity contribution in [3.8, 4) is 17.6 Å². The molecule has 25 heavy (non-hydrogen) atoms. The molecule has 3 aromatic rings. The summed E-state index contributed by atoms with van der Waals surface area (Å²) in [4.78, 5) is 0. The molecule has 0 radical (unpaired) electrons. The summed E-state index contributed by atoms with van der Waals surface area (Å²) in [6, 6.07) is 25.9. The Morgan fingerprint density at radius 3 is 1.68 bits per heavy atom. The lowest BCUT2D eigenvalue weighted by molar-refractivity contribution is 0.474. The third kappa shape index (κ3) is 3.70. The van der Waals surface area contributed by atoms with Crippen molar-refractivity contribution in [3.05, 3.63) is 95.6 Å². The van der Waals surface area contributed by atoms with Crippen LogP contribution in [0.1, 0.15) is 23.1 Å². The second kappa shape index (κ2) is 7.37. The fourth-order valence-corrected chi connectivity index (χ4v) is 2.82. The minimum Gasteiger partial charge on any atom is -0.508 e. The van der Waals surface area contributed by atoms with Gasteiger partial charge in [-0.05, 0) is 52.1 Å². The zero-order valence-corrected chi connectivity index (χ0v) is 13.6. The molecule has 0 aliphatic rings. The summed E-state index contributed by atoms with van der Waals surface area (Å²) < 4.78 is 0. The highest BCUT2D eigenvalue weighted by molar-refractivity contribution is 5.99. The lowest BCUT2D eigenvalue weighted by Crippen LogP contribution is -1.95. The van der Waals surface area contributed by atoms with Crippen LogP contribution in [0.4, 0.5) is 0 Å². The SMILES string of the molecule is N#CC/C(=C(\c1ccccc1)c1ccc(O)cc1)c1ccc(O)cc1. The van der Waals surface area contributed by atoms with Gasteiger partial charge in [0.2, 0.25) is 0 Å². The van der Waals surface area contributed by atoms with Crippen molar-refractivity contribution >= 4 is 11.1 Å². The van der Waals surface area contributed by atoms with Crippen molar-refractivity contribution in [2.45, 2.75) is 6.42 Å². The molecule has 0 amide bonds. The van der Waals surface area contributed by atoms with E-state index in [9.17, 15) is 15.5 Å². The number of nitriles is 1. The van der Waals surface area contributed by atoms with Crippen molar-refractivity contribution in [2.75, 3.05) is 0 Å². The molecule has 2 N–H and O–H groups in total. The molecular formula is C22H17NO2. The number of allylic oxidation sites excluding steroid dienone is 1. The first kappa shape index (κ1) is 16.4. The minimum absolute atomic E-state index is 0.186. The molecular weight excluding hydrogens is 310 g/mol. The first-order chi connectivity index (χ1) is 12.2. The third-order valence-corrected chi connectivity index (χ3v) is 3.99. The van der Waals surface area contributed by atoms with Crippen molar-refractivity contribution in [3.63, 3.8) is 0 Å². The number of hydrogen-bond acceptors (Lipinski definition) is 3. The van der Waals surface area contributed by atoms with Crippen LogP contribution in [0.15, 0.2) is 78.9 Å². The van der Waals surface area contributed by atoms with Crippen molar-refractivity contribution in [1.82, 2.24) is 0 Å². The maximum absolute atomic E-state index is 9.60. The van der Waals surface area contributed by atoms with Crippen molar-refractivity contribution < 1.29 is 10.2 Å². The number of hydrogen-bond donors (Lipinski definition) is 2. The Balaban J connectivity index is 2.28. The van der Waals surface area contributed by atoms with Gasteiger partial charge in [0, 0.05) is 0 Å². The Bertz CT molecular complexity index is 919. The van der Waals surface area contributed by atoms with Gasteiger partial charge in [0.1, 0.15) is 11.5 Å². The monoisotopic (exact) mass is 327 g/mol. The van der Waals surface area contributed by atoms with Crippen molar-refractivity contribution in [2.24, 2.45) is 0 Å². The summed E-state index contributed by atoms with van der Waals surface area (Å²) in [5, 5.41) is 28.5. The Morgan fingerprint density at radius 2 is 1.16 bits per heavy atom. The van der Waals surface area contributed by atoms with Crippen LogP contribution in [0.3, 0.4) is 0 Å². The van der Waals surface area contributed by atoms with E-state index >= 15 is 0 Å². The standard InChI is InChI=1S/C22H17NO2/c23-15-14-21(16-6-10-19(24)11-7-16)22(17-4-2-1-3-5-17)18-8-12-20(25)13-9-18/h1-13,24-25H,14H2/b22-21-. The van der Waals surface area contributed by atoms with Crippen LogP contribution in [0.2, 0.25) is 0 Å². The molecule has 0 atom stereocenters. The van der Waals surface area contributed by atoms with E-state index in [1.165, 1.54) is 0 Å². The van der Waals surface area contributed by atoms with Gasteiger partial charge in [0.15, 0.2) is 0 Å². The number of phenolic OH excluding ortho intramolecular Hbond substituents is 2. The van der Waals surface area contributed by atoms with Crippen LogP contribution in [0, 0.1) is 11.3 Å². The Labute approximate surface area is 146 Å². The van der Waals surface area contributed by atoms with E-state index in [1.807, 2.05) is 54.6 Å². The molecule has 3 rings (SSSR count). The van der Waals surface area contributed by atoms with Gasteiger partial charge in [-0.15, -0.1) is 0 Å². The van der Waals surface area contributed by atoms with Gasteiger partial charge in [0.05, 0.1) is 12.5 Å². The smallest absolute Gasteiger partial charge is 0.115 e. The molecule has 0 aromatic heterocycles. The topological polar surface area (TPSA) is 64.2 Å². The second-order valence-electron chi connectivity index (χ2n) is 5.65. The van der Waals surface area contributed by atoms with Gasteiger partial charge in [-0.3, -0.25) is 0 Å². The second-order valence-corrected chi connectivity index (χ2v) is 5.65. The average molecular weight is 327 g/mol. The van der Waals surface area contributed by atoms with E-state index in [2.05, 4.69) is 6.07 Å². The number of benzene rings is 3. The Kier molecular flexibility index (Phi) is 4.82. The fourth-order valence-electron chi connectivity index (χ4n) is 2.82. The Morgan fingerprint density at radius 1 is 0.680 bits per heavy atom. The molecule has 3 aromatic carbocycles. The number of phenols is 2. The summed E-state index contributed by atoms with van der Waals surface area (Å²) in [5.41, 5.74) is 4.60. The van der Waals surface area contributed by atoms with Crippen LogP contribution < -0.4 is 0 Å². The van der Waals surface area contributed by atoms with Gasteiger partial charge >= 0.3 is 0 Å². The van der Waals surface area contributed by atoms with E-state index in [0.717, 1.165) is 27.8 Å². The van der Waals surface area contributed by atoms with E-state index < -0.39 is 0 Å². The predicted molar refractivity (Wildman–Crippen MR) is 98.8 cm³/mol. The predicted octanol–water partition coefficient (Wildman–Crippen LogP) is 4.97. The molecule has 0 aliphatic heterocycles. The van der Waals surface area contributed by atoms with Crippen LogP contribution in [-0.4, -0.2) is 10.2 Å². The van der Waals surface area contributed by atoms with Gasteiger partial charge in [0.25, 0.3) is 0 Å². The molecule has 0 aliphatic carbocycles. The molecule has 0 saturated heterocycles. The van der Waals surface area contributed by atoms with Crippen LogP contribution >= 0.6 is 0 Å². The van der Waals surface area contributed by atoms with E-state index in [-0.39, 0.29) is 17.9 Å². The highest BCUT2D eigenvalue weighted by Gasteiger charge is 2.14. The lowest BCUT2D eigenvalue weighted by atomic mass is 9.88. The number of aromatic hydroxyl groups is 2. The molecule has 0 spiro atoms. The first-order valence-electron chi connectivity index (χ1n) is 7.93. The van der Waals surface area contributed by atoms with E-state index in [1.54, 1.807) is 24.3 Å². The van der Waals surface area contributed by atoms with Gasteiger partial charge < -0.3 is 10.2 Å². The molecule has 3 heteroatoms. The van der Waals surface area contributed by atoms with Crippen LogP contribution in [0.25, 0.3) is 11.1 Å². The molecule has 0 saturated carbocycles. The molecule has 0 bridgehead atoms. The zero-order valence-electron chi connectivity index (χ0n) is 13.6. The van der Waals surface area contributed by atoms with Gasteiger partial charge in [-0.1, -0.05) is 54.6 Å². The maximum atomic E-state index is 9.60. The van der Waals surface area contributed by atoms with Crippen LogP contribution in [-0.2, 0) is 0 Å². The third-order valence-electron chi connectivity index (χ3n) is 3.99. The summed E-state index contributed by atoms with van der Waals surface area (Å²) in [6.45, 7) is 0. The summed E-state index contributed by atoms with van der Waals surface area (Å²) >= 11 is 0. The van der Waals surface area contributed by atoms with E-state index in [0.29, 0.717) is 0 Å². The Hall–Kier alpha value is -3.51. The van der Waals surface area contributed by atoms with E-state index in [4.69, 9.17) is 0 Å². The molecule has 3 nitrogen and oxygen atoms in total. The summed E-state index contributed by atoms with van der Waals surface area (Å²) in [6.07, 6.45) is 0.232. The fraction of sp³-hybridized carbons (Fsp3) is 0.0455. The zero-order chi connectivity index (χ0) is 17.6. The van der Waals surface area contributed by atoms with Crippen molar-refractivity contribution in [1.29, 1.82) is 5.26 Å². The average Bonchev–Trinajstić information content (AvgIpc) is 2.64. The largest absolute Gasteiger partial charge is 0.508 e. The summed E-state index contributed by atoms with van der Waals surface area (Å²) in [7, 11) is 0. The van der Waals surface area contributed by atoms with Gasteiger partial charge in [-0.2, -0.15) is 5.26 Å². The number of nitrogens with zero attached hydrogens (tertiary/aromatic N) is 1. The summed E-state index contributed by atoms with van der Waals surface area (Å²) in [5.74, 6) is 0.383. The molecule has 0 heterocycles. The molecule has 122 valence electrons. The quantitative estimate of drug-likeness (QED) is 0.665. The molecule has 0 fully saturated rings. The highest BCUT2D eigenvalue weighted by atomic mass is 16.3. The van der Waals surface area contributed by atoms with Crippen LogP contribution in [0.5, 0.6) is 11.5 Å². The normalized spacial score (nSPS) is 11.5. The first-order valence-corrected chi connectivity index (χ1v) is 7.93. The molecule has 0 unspecified atom stereocenters. The number of rotatable bonds is 4. The minimum atomic E-state index is 0.186. The van der Waals surface area contributed by atoms with Gasteiger partial charge in [-0.25, -0.2) is 0 Å².